The predicted molar refractivity (Wildman–Crippen MR) is 155 cm³/mol. The van der Waals surface area contributed by atoms with E-state index in [0.29, 0.717) is 16.8 Å². The molecular formula is C32H20F3N3O4S. The Morgan fingerprint density at radius 2 is 1.74 bits per heavy atom. The molecule has 0 radical (unpaired) electrons. The largest absolute Gasteiger partial charge is 0.457 e. The van der Waals surface area contributed by atoms with Crippen LogP contribution in [-0.4, -0.2) is 9.49 Å². The number of rotatable bonds is 4. The van der Waals surface area contributed by atoms with Crippen LogP contribution >= 0.6 is 11.3 Å². The maximum absolute atomic E-state index is 13.9. The molecule has 1 aliphatic carbocycles. The van der Waals surface area contributed by atoms with E-state index in [4.69, 9.17) is 9.41 Å². The molecule has 0 amide bonds. The van der Waals surface area contributed by atoms with Crippen molar-refractivity contribution in [2.75, 3.05) is 0 Å². The van der Waals surface area contributed by atoms with Crippen molar-refractivity contribution < 1.29 is 22.5 Å². The fraction of sp³-hybridized carbons (Fsp3) is 0.125. The maximum Gasteiger partial charge on any atom is 0.417 e. The van der Waals surface area contributed by atoms with Crippen LogP contribution in [0.15, 0.2) is 105 Å². The summed E-state index contributed by atoms with van der Waals surface area (Å²) in [6.07, 6.45) is -1.72. The Bertz CT molecular complexity index is 2160. The Labute approximate surface area is 245 Å². The quantitative estimate of drug-likeness (QED) is 0.174. The molecular weight excluding hydrogens is 579 g/mol. The topological polar surface area (TPSA) is 90.6 Å². The molecule has 1 aliphatic heterocycles. The minimum atomic E-state index is -4.56. The Kier molecular flexibility index (Phi) is 6.28. The van der Waals surface area contributed by atoms with Gasteiger partial charge in [0.2, 0.25) is 0 Å². The van der Waals surface area contributed by atoms with Crippen LogP contribution in [0.3, 0.4) is 0 Å². The molecule has 7 nitrogen and oxygen atoms in total. The lowest BCUT2D eigenvalue weighted by atomic mass is 9.83. The number of non-ortho nitro benzene ring substituents is 1. The Hall–Kier alpha value is -5.03. The summed E-state index contributed by atoms with van der Waals surface area (Å²) in [6, 6.07) is 21.6. The summed E-state index contributed by atoms with van der Waals surface area (Å²) in [5, 5.41) is 11.6. The zero-order chi connectivity index (χ0) is 29.9. The number of aromatic nitrogens is 1. The number of hydrogen-bond donors (Lipinski definition) is 0. The molecule has 0 saturated heterocycles. The van der Waals surface area contributed by atoms with E-state index in [1.807, 2.05) is 24.3 Å². The van der Waals surface area contributed by atoms with Crippen LogP contribution in [0.1, 0.15) is 40.5 Å². The number of nitrogens with zero attached hydrogens (tertiary/aromatic N) is 3. The molecule has 0 bridgehead atoms. The highest BCUT2D eigenvalue weighted by atomic mass is 32.1. The van der Waals surface area contributed by atoms with Crippen LogP contribution in [0.2, 0.25) is 0 Å². The number of furan rings is 1. The molecule has 0 N–H and O–H groups in total. The number of alkyl halides is 3. The minimum absolute atomic E-state index is 0.0218. The Morgan fingerprint density at radius 1 is 0.977 bits per heavy atom. The van der Waals surface area contributed by atoms with E-state index in [1.165, 1.54) is 48.5 Å². The molecule has 7 rings (SSSR count). The zero-order valence-electron chi connectivity index (χ0n) is 22.2. The van der Waals surface area contributed by atoms with E-state index in [2.05, 4.69) is 0 Å². The van der Waals surface area contributed by atoms with E-state index in [9.17, 15) is 28.1 Å². The second-order valence-electron chi connectivity index (χ2n) is 10.2. The highest BCUT2D eigenvalue weighted by molar-refractivity contribution is 7.07. The highest BCUT2D eigenvalue weighted by Crippen LogP contribution is 2.42. The lowest BCUT2D eigenvalue weighted by Crippen LogP contribution is -2.38. The number of hydrogen-bond acceptors (Lipinski definition) is 6. The van der Waals surface area contributed by atoms with E-state index in [-0.39, 0.29) is 32.9 Å². The molecule has 3 heterocycles. The lowest BCUT2D eigenvalue weighted by molar-refractivity contribution is -0.384. The number of thiazole rings is 1. The summed E-state index contributed by atoms with van der Waals surface area (Å²) in [5.74, 6) is 0.228. The first kappa shape index (κ1) is 26.8. The molecule has 2 aromatic heterocycles. The molecule has 43 heavy (non-hydrogen) atoms. The van der Waals surface area contributed by atoms with Gasteiger partial charge in [0.05, 0.1) is 26.8 Å². The van der Waals surface area contributed by atoms with Crippen molar-refractivity contribution in [3.63, 3.8) is 0 Å². The zero-order valence-corrected chi connectivity index (χ0v) is 23.0. The second kappa shape index (κ2) is 10.1. The fourth-order valence-corrected chi connectivity index (χ4v) is 6.76. The van der Waals surface area contributed by atoms with Gasteiger partial charge in [-0.15, -0.1) is 0 Å². The summed E-state index contributed by atoms with van der Waals surface area (Å²) < 4.78 is 48.4. The van der Waals surface area contributed by atoms with Crippen molar-refractivity contribution in [1.82, 2.24) is 4.57 Å². The number of allylic oxidation sites excluding steroid dienone is 1. The Morgan fingerprint density at radius 3 is 2.53 bits per heavy atom. The van der Waals surface area contributed by atoms with Gasteiger partial charge < -0.3 is 4.42 Å². The van der Waals surface area contributed by atoms with Crippen molar-refractivity contribution in [2.24, 2.45) is 4.99 Å². The summed E-state index contributed by atoms with van der Waals surface area (Å²) in [6.45, 7) is 0. The maximum atomic E-state index is 13.9. The van der Waals surface area contributed by atoms with Gasteiger partial charge in [-0.1, -0.05) is 65.9 Å². The van der Waals surface area contributed by atoms with Gasteiger partial charge in [0.1, 0.15) is 11.5 Å². The van der Waals surface area contributed by atoms with E-state index >= 15 is 0 Å². The average Bonchev–Trinajstić information content (AvgIpc) is 3.59. The van der Waals surface area contributed by atoms with Crippen molar-refractivity contribution in [2.45, 2.75) is 25.1 Å². The third kappa shape index (κ3) is 4.62. The molecule has 11 heteroatoms. The molecule has 0 spiro atoms. The van der Waals surface area contributed by atoms with E-state index in [0.717, 1.165) is 46.2 Å². The molecule has 5 aromatic rings. The highest BCUT2D eigenvalue weighted by Gasteiger charge is 2.35. The summed E-state index contributed by atoms with van der Waals surface area (Å²) in [5.41, 5.74) is 2.92. The van der Waals surface area contributed by atoms with Crippen LogP contribution in [-0.2, 0) is 12.6 Å². The molecule has 1 unspecified atom stereocenters. The standard InChI is InChI=1S/C32H20F3N3O4S/c33-32(34,35)25-11-4-3-10-23(25)26-15-13-21(42-26)17-27-30(39)37-29(19-7-5-8-20(16-19)38(40)41)24-14-12-18-6-1-2-9-22(18)28(24)36-31(37)43-27/h1-11,13,15-17,29H,12,14H2. The van der Waals surface area contributed by atoms with Crippen LogP contribution < -0.4 is 14.9 Å². The monoisotopic (exact) mass is 599 g/mol. The number of nitro benzene ring substituents is 1. The van der Waals surface area contributed by atoms with Gasteiger partial charge in [-0.3, -0.25) is 19.5 Å². The van der Waals surface area contributed by atoms with Crippen LogP contribution in [0.5, 0.6) is 0 Å². The van der Waals surface area contributed by atoms with Crippen molar-refractivity contribution in [3.8, 4) is 11.3 Å². The first-order chi connectivity index (χ1) is 20.7. The number of halogens is 3. The number of fused-ring (bicyclic) bond motifs is 3. The molecule has 3 aromatic carbocycles. The van der Waals surface area contributed by atoms with Gasteiger partial charge in [-0.2, -0.15) is 13.2 Å². The SMILES string of the molecule is O=c1c(=Cc2ccc(-c3ccccc3C(F)(F)F)o2)sc2n1C(c1cccc([N+](=O)[O-])c1)C1=C(N=2)c2ccccc2CC1. The van der Waals surface area contributed by atoms with Crippen molar-refractivity contribution >= 4 is 28.8 Å². The van der Waals surface area contributed by atoms with Gasteiger partial charge >= 0.3 is 6.18 Å². The van der Waals surface area contributed by atoms with Crippen LogP contribution in [0, 0.1) is 10.1 Å². The fourth-order valence-electron chi connectivity index (χ4n) is 5.78. The normalized spacial score (nSPS) is 16.3. The first-order valence-corrected chi connectivity index (χ1v) is 14.1. The number of nitro groups is 1. The third-order valence-electron chi connectivity index (χ3n) is 7.67. The Balaban J connectivity index is 1.40. The molecule has 214 valence electrons. The van der Waals surface area contributed by atoms with Crippen LogP contribution in [0.4, 0.5) is 18.9 Å². The first-order valence-electron chi connectivity index (χ1n) is 13.3. The van der Waals surface area contributed by atoms with Gasteiger partial charge in [-0.05, 0) is 47.7 Å². The molecule has 2 aliphatic rings. The second-order valence-corrected chi connectivity index (χ2v) is 11.2. The van der Waals surface area contributed by atoms with Gasteiger partial charge in [0.25, 0.3) is 11.2 Å². The average molecular weight is 600 g/mol. The van der Waals surface area contributed by atoms with Gasteiger partial charge in [0, 0.05) is 29.3 Å². The van der Waals surface area contributed by atoms with Crippen molar-refractivity contribution in [3.05, 3.63) is 148 Å². The summed E-state index contributed by atoms with van der Waals surface area (Å²) in [4.78, 5) is 30.4. The number of aryl methyl sites for hydroxylation is 1. The van der Waals surface area contributed by atoms with Gasteiger partial charge in [-0.25, -0.2) is 4.99 Å². The lowest BCUT2D eigenvalue weighted by Gasteiger charge is -2.30. The predicted octanol–water partition coefficient (Wildman–Crippen LogP) is 6.51. The van der Waals surface area contributed by atoms with E-state index < -0.39 is 22.7 Å². The smallest absolute Gasteiger partial charge is 0.417 e. The van der Waals surface area contributed by atoms with E-state index in [1.54, 1.807) is 16.7 Å². The van der Waals surface area contributed by atoms with Crippen molar-refractivity contribution in [1.29, 1.82) is 0 Å². The third-order valence-corrected chi connectivity index (χ3v) is 8.65. The van der Waals surface area contributed by atoms with Crippen LogP contribution in [0.25, 0.3) is 23.1 Å². The molecule has 0 fully saturated rings. The number of benzene rings is 3. The summed E-state index contributed by atoms with van der Waals surface area (Å²) in [7, 11) is 0. The van der Waals surface area contributed by atoms with Gasteiger partial charge in [0.15, 0.2) is 4.80 Å². The molecule has 0 saturated carbocycles. The molecule has 1 atom stereocenters. The summed E-state index contributed by atoms with van der Waals surface area (Å²) >= 11 is 1.13. The minimum Gasteiger partial charge on any atom is -0.457 e.